The molecule has 142 valence electrons. The molecule has 26 heavy (non-hydrogen) atoms. The average molecular weight is 396 g/mol. The van der Waals surface area contributed by atoms with Gasteiger partial charge in [-0.2, -0.15) is 0 Å². The first-order chi connectivity index (χ1) is 12.2. The normalized spacial score (nSPS) is 23.6. The molecule has 1 aromatic carbocycles. The van der Waals surface area contributed by atoms with E-state index in [2.05, 4.69) is 29.5 Å². The second-order valence-corrected chi connectivity index (χ2v) is 10.7. The third-order valence-electron chi connectivity index (χ3n) is 4.57. The summed E-state index contributed by atoms with van der Waals surface area (Å²) in [5.41, 5.74) is 2.44. The van der Waals surface area contributed by atoms with E-state index in [1.54, 1.807) is 0 Å². The summed E-state index contributed by atoms with van der Waals surface area (Å²) in [6.45, 7) is 6.88. The number of hydrogen-bond donors (Lipinski definition) is 2. The van der Waals surface area contributed by atoms with Gasteiger partial charge in [0.1, 0.15) is 0 Å². The molecule has 0 unspecified atom stereocenters. The molecule has 2 atom stereocenters. The number of amidine groups is 1. The molecule has 2 heterocycles. The molecule has 2 aliphatic rings. The molecule has 0 radical (unpaired) electrons. The molecule has 0 saturated carbocycles. The van der Waals surface area contributed by atoms with Crippen molar-refractivity contribution in [2.24, 2.45) is 10.9 Å². The number of aryl methyl sites for hydroxylation is 1. The lowest BCUT2D eigenvalue weighted by molar-refractivity contribution is 0.0952. The molecule has 8 heteroatoms. The number of amides is 1. The molecule has 1 fully saturated rings. The summed E-state index contributed by atoms with van der Waals surface area (Å²) in [5, 5.41) is 6.95. The highest BCUT2D eigenvalue weighted by Crippen LogP contribution is 2.35. The summed E-state index contributed by atoms with van der Waals surface area (Å²) in [6, 6.07) is 5.39. The lowest BCUT2D eigenvalue weighted by Crippen LogP contribution is -2.25. The largest absolute Gasteiger partial charge is 0.352 e. The van der Waals surface area contributed by atoms with Gasteiger partial charge in [-0.15, -0.1) is 0 Å². The van der Waals surface area contributed by atoms with E-state index in [9.17, 15) is 13.2 Å². The van der Waals surface area contributed by atoms with Gasteiger partial charge >= 0.3 is 0 Å². The average Bonchev–Trinajstić information content (AvgIpc) is 3.01. The van der Waals surface area contributed by atoms with Crippen molar-refractivity contribution in [2.45, 2.75) is 38.5 Å². The maximum Gasteiger partial charge on any atom is 0.251 e. The smallest absolute Gasteiger partial charge is 0.251 e. The summed E-state index contributed by atoms with van der Waals surface area (Å²) in [4.78, 5) is 16.8. The van der Waals surface area contributed by atoms with Gasteiger partial charge in [0.15, 0.2) is 15.0 Å². The number of aliphatic imine (C=N–C) groups is 1. The van der Waals surface area contributed by atoms with Crippen LogP contribution in [0.5, 0.6) is 0 Å². The topological polar surface area (TPSA) is 87.6 Å². The SMILES string of the molecule is Cc1ccc(C(=O)NCCC(C)C)cc1NC1=N[C@@H]2CS(=O)(=O)C[C@@H]2S1. The Morgan fingerprint density at radius 3 is 2.81 bits per heavy atom. The Kier molecular flexibility index (Phi) is 5.62. The first kappa shape index (κ1) is 19.2. The first-order valence-corrected chi connectivity index (χ1v) is 11.5. The number of nitrogens with one attached hydrogen (secondary N) is 2. The number of sulfone groups is 1. The number of benzene rings is 1. The minimum atomic E-state index is -2.95. The molecule has 3 rings (SSSR count). The number of carbonyl (C=O) groups is 1. The van der Waals surface area contributed by atoms with Crippen LogP contribution in [0.1, 0.15) is 36.2 Å². The van der Waals surface area contributed by atoms with E-state index >= 15 is 0 Å². The minimum absolute atomic E-state index is 0.00493. The predicted molar refractivity (Wildman–Crippen MR) is 108 cm³/mol. The molecule has 1 saturated heterocycles. The van der Waals surface area contributed by atoms with Crippen LogP contribution in [0.25, 0.3) is 0 Å². The standard InChI is InChI=1S/C18H25N3O3S2/c1-11(2)6-7-19-17(22)13-5-4-12(3)14(8-13)20-18-21-15-9-26(23,24)10-16(15)25-18/h4-5,8,11,15-16H,6-7,9-10H2,1-3H3,(H,19,22)(H,20,21)/t15-,16+/m1/s1. The number of nitrogens with zero attached hydrogens (tertiary/aromatic N) is 1. The van der Waals surface area contributed by atoms with Gasteiger partial charge in [-0.3, -0.25) is 9.79 Å². The van der Waals surface area contributed by atoms with E-state index in [0.29, 0.717) is 18.0 Å². The van der Waals surface area contributed by atoms with Gasteiger partial charge in [0.25, 0.3) is 5.91 Å². The van der Waals surface area contributed by atoms with Gasteiger partial charge in [0.05, 0.1) is 17.5 Å². The zero-order valence-corrected chi connectivity index (χ0v) is 16.9. The molecule has 0 spiro atoms. The molecule has 6 nitrogen and oxygen atoms in total. The molecule has 0 aliphatic carbocycles. The lowest BCUT2D eigenvalue weighted by Gasteiger charge is -2.12. The lowest BCUT2D eigenvalue weighted by atomic mass is 10.1. The van der Waals surface area contributed by atoms with Gasteiger partial charge in [0.2, 0.25) is 0 Å². The second-order valence-electron chi connectivity index (χ2n) is 7.33. The highest BCUT2D eigenvalue weighted by molar-refractivity contribution is 8.15. The van der Waals surface area contributed by atoms with Crippen LogP contribution in [0.2, 0.25) is 0 Å². The van der Waals surface area contributed by atoms with Crippen LogP contribution in [-0.4, -0.2) is 48.8 Å². The van der Waals surface area contributed by atoms with Crippen molar-refractivity contribution in [3.8, 4) is 0 Å². The predicted octanol–water partition coefficient (Wildman–Crippen LogP) is 2.45. The quantitative estimate of drug-likeness (QED) is 0.800. The highest BCUT2D eigenvalue weighted by atomic mass is 32.2. The number of hydrogen-bond acceptors (Lipinski definition) is 6. The Balaban J connectivity index is 1.66. The number of carbonyl (C=O) groups excluding carboxylic acids is 1. The fraction of sp³-hybridized carbons (Fsp3) is 0.556. The van der Waals surface area contributed by atoms with E-state index < -0.39 is 9.84 Å². The zero-order valence-electron chi connectivity index (χ0n) is 15.3. The Morgan fingerprint density at radius 1 is 1.35 bits per heavy atom. The Morgan fingerprint density at radius 2 is 2.12 bits per heavy atom. The Labute approximate surface area is 159 Å². The van der Waals surface area contributed by atoms with Crippen LogP contribution in [0.15, 0.2) is 23.2 Å². The van der Waals surface area contributed by atoms with Crippen LogP contribution >= 0.6 is 11.8 Å². The zero-order chi connectivity index (χ0) is 18.9. The second kappa shape index (κ2) is 7.60. The molecular formula is C18H25N3O3S2. The number of rotatable bonds is 5. The third-order valence-corrected chi connectivity index (χ3v) is 7.71. The molecule has 2 aliphatic heterocycles. The van der Waals surface area contributed by atoms with E-state index in [1.807, 2.05) is 25.1 Å². The van der Waals surface area contributed by atoms with Gasteiger partial charge in [-0.05, 0) is 37.0 Å². The third kappa shape index (κ3) is 4.59. The van der Waals surface area contributed by atoms with E-state index in [1.165, 1.54) is 11.8 Å². The van der Waals surface area contributed by atoms with Gasteiger partial charge in [-0.25, -0.2) is 8.42 Å². The molecule has 0 aromatic heterocycles. The highest BCUT2D eigenvalue weighted by Gasteiger charge is 2.42. The van der Waals surface area contributed by atoms with Crippen LogP contribution in [0.4, 0.5) is 5.69 Å². The van der Waals surface area contributed by atoms with Crippen molar-refractivity contribution in [3.63, 3.8) is 0 Å². The van der Waals surface area contributed by atoms with Gasteiger partial charge in [0, 0.05) is 23.0 Å². The van der Waals surface area contributed by atoms with Crippen LogP contribution in [0.3, 0.4) is 0 Å². The van der Waals surface area contributed by atoms with Crippen molar-refractivity contribution in [1.82, 2.24) is 5.32 Å². The number of thioether (sulfide) groups is 1. The molecule has 1 amide bonds. The van der Waals surface area contributed by atoms with Gasteiger partial charge in [-0.1, -0.05) is 31.7 Å². The Hall–Kier alpha value is -1.54. The summed E-state index contributed by atoms with van der Waals surface area (Å²) >= 11 is 1.48. The van der Waals surface area contributed by atoms with Crippen LogP contribution < -0.4 is 10.6 Å². The van der Waals surface area contributed by atoms with E-state index in [4.69, 9.17) is 0 Å². The van der Waals surface area contributed by atoms with E-state index in [-0.39, 0.29) is 28.7 Å². The molecule has 0 bridgehead atoms. The Bertz CT molecular complexity index is 834. The van der Waals surface area contributed by atoms with Crippen LogP contribution in [-0.2, 0) is 9.84 Å². The monoisotopic (exact) mass is 395 g/mol. The fourth-order valence-corrected chi connectivity index (χ4v) is 6.67. The van der Waals surface area contributed by atoms with Crippen molar-refractivity contribution in [1.29, 1.82) is 0 Å². The van der Waals surface area contributed by atoms with Crippen LogP contribution in [0, 0.1) is 12.8 Å². The maximum absolute atomic E-state index is 12.3. The molecular weight excluding hydrogens is 370 g/mol. The summed E-state index contributed by atoms with van der Waals surface area (Å²) in [6.07, 6.45) is 0.946. The van der Waals surface area contributed by atoms with E-state index in [0.717, 1.165) is 22.8 Å². The van der Waals surface area contributed by atoms with Crippen molar-refractivity contribution < 1.29 is 13.2 Å². The summed E-state index contributed by atoms with van der Waals surface area (Å²) in [7, 11) is -2.95. The maximum atomic E-state index is 12.3. The van der Waals surface area contributed by atoms with Gasteiger partial charge < -0.3 is 10.6 Å². The van der Waals surface area contributed by atoms with Crippen molar-refractivity contribution in [2.75, 3.05) is 23.4 Å². The van der Waals surface area contributed by atoms with Crippen molar-refractivity contribution in [3.05, 3.63) is 29.3 Å². The first-order valence-electron chi connectivity index (χ1n) is 8.84. The van der Waals surface area contributed by atoms with Crippen molar-refractivity contribution >= 4 is 38.4 Å². The number of anilines is 1. The summed E-state index contributed by atoms with van der Waals surface area (Å²) < 4.78 is 23.3. The fourth-order valence-electron chi connectivity index (χ4n) is 3.01. The summed E-state index contributed by atoms with van der Waals surface area (Å²) in [5.74, 6) is 0.783. The number of fused-ring (bicyclic) bond motifs is 1. The molecule has 1 aromatic rings. The minimum Gasteiger partial charge on any atom is -0.352 e. The molecule has 2 N–H and O–H groups in total.